The Morgan fingerprint density at radius 2 is 1.72 bits per heavy atom. The Labute approximate surface area is 175 Å². The Balaban J connectivity index is 1.98. The molecule has 3 heterocycles. The monoisotopic (exact) mass is 423 g/mol. The Bertz CT molecular complexity index is 1470. The maximum atomic E-state index is 13.2. The highest BCUT2D eigenvalue weighted by molar-refractivity contribution is 6.42. The van der Waals surface area contributed by atoms with Gasteiger partial charge in [-0.3, -0.25) is 13.9 Å². The Hall–Kier alpha value is -2.96. The van der Waals surface area contributed by atoms with Gasteiger partial charge in [0, 0.05) is 6.54 Å². The maximum Gasteiger partial charge on any atom is 0.265 e. The molecule has 0 aliphatic carbocycles. The first-order valence-corrected chi connectivity index (χ1v) is 9.96. The van der Waals surface area contributed by atoms with E-state index in [2.05, 4.69) is 4.98 Å². The molecule has 29 heavy (non-hydrogen) atoms. The van der Waals surface area contributed by atoms with Gasteiger partial charge in [-0.05, 0) is 36.8 Å². The number of halogens is 2. The summed E-state index contributed by atoms with van der Waals surface area (Å²) in [5, 5.41) is 1.30. The maximum absolute atomic E-state index is 13.2. The Morgan fingerprint density at radius 1 is 0.966 bits per heavy atom. The van der Waals surface area contributed by atoms with Crippen molar-refractivity contribution in [2.24, 2.45) is 0 Å². The lowest BCUT2D eigenvalue weighted by atomic mass is 10.3. The van der Waals surface area contributed by atoms with Crippen molar-refractivity contribution < 1.29 is 0 Å². The normalized spacial score (nSPS) is 11.7. The minimum absolute atomic E-state index is 0.134. The molecule has 0 N–H and O–H groups in total. The molecule has 0 radical (unpaired) electrons. The molecule has 0 saturated carbocycles. The van der Waals surface area contributed by atoms with Crippen molar-refractivity contribution in [2.45, 2.75) is 19.9 Å². The van der Waals surface area contributed by atoms with Crippen LogP contribution >= 0.6 is 23.2 Å². The molecule has 0 spiro atoms. The quantitative estimate of drug-likeness (QED) is 0.409. The van der Waals surface area contributed by atoms with E-state index in [0.29, 0.717) is 44.5 Å². The summed E-state index contributed by atoms with van der Waals surface area (Å²) in [6, 6.07) is 12.8. The third-order valence-electron chi connectivity index (χ3n) is 4.86. The highest BCUT2D eigenvalue weighted by Gasteiger charge is 2.21. The van der Waals surface area contributed by atoms with Gasteiger partial charge in [0.25, 0.3) is 5.56 Å². The SMILES string of the molecule is CCCn1cnc2c(c1=O)c1nc3ccccc3nc1n2-c1ccc(Cl)c(Cl)c1. The number of benzene rings is 2. The second kappa shape index (κ2) is 6.83. The van der Waals surface area contributed by atoms with Crippen LogP contribution in [0.4, 0.5) is 0 Å². The molecule has 0 aliphatic rings. The molecular formula is C21H15Cl2N5O. The first-order chi connectivity index (χ1) is 14.1. The van der Waals surface area contributed by atoms with E-state index in [9.17, 15) is 4.79 Å². The summed E-state index contributed by atoms with van der Waals surface area (Å²) < 4.78 is 3.42. The number of aromatic nitrogens is 5. The number of hydrogen-bond donors (Lipinski definition) is 0. The van der Waals surface area contributed by atoms with Gasteiger partial charge in [0.2, 0.25) is 0 Å². The van der Waals surface area contributed by atoms with Crippen molar-refractivity contribution in [2.75, 3.05) is 0 Å². The van der Waals surface area contributed by atoms with Crippen LogP contribution in [-0.4, -0.2) is 24.1 Å². The molecular weight excluding hydrogens is 409 g/mol. The molecule has 3 aromatic heterocycles. The Kier molecular flexibility index (Phi) is 4.26. The average Bonchev–Trinajstić information content (AvgIpc) is 3.04. The third-order valence-corrected chi connectivity index (χ3v) is 5.60. The first-order valence-electron chi connectivity index (χ1n) is 9.20. The highest BCUT2D eigenvalue weighted by atomic mass is 35.5. The fourth-order valence-electron chi connectivity index (χ4n) is 3.54. The largest absolute Gasteiger partial charge is 0.299 e. The molecule has 2 aromatic carbocycles. The molecule has 8 heteroatoms. The average molecular weight is 424 g/mol. The zero-order chi connectivity index (χ0) is 20.1. The minimum atomic E-state index is -0.134. The van der Waals surface area contributed by atoms with Crippen LogP contribution in [0.25, 0.3) is 38.9 Å². The van der Waals surface area contributed by atoms with Crippen LogP contribution in [0, 0.1) is 0 Å². The van der Waals surface area contributed by atoms with Gasteiger partial charge in [0.15, 0.2) is 11.3 Å². The van der Waals surface area contributed by atoms with E-state index in [1.54, 1.807) is 23.0 Å². The van der Waals surface area contributed by atoms with E-state index in [1.165, 1.54) is 0 Å². The van der Waals surface area contributed by atoms with Gasteiger partial charge in [0.05, 0.1) is 33.1 Å². The van der Waals surface area contributed by atoms with Crippen LogP contribution in [0.2, 0.25) is 10.0 Å². The molecule has 0 aliphatic heterocycles. The van der Waals surface area contributed by atoms with Crippen molar-refractivity contribution in [3.05, 3.63) is 69.2 Å². The van der Waals surface area contributed by atoms with E-state index in [0.717, 1.165) is 17.5 Å². The van der Waals surface area contributed by atoms with Crippen LogP contribution in [0.1, 0.15) is 13.3 Å². The first kappa shape index (κ1) is 18.1. The van der Waals surface area contributed by atoms with Crippen LogP contribution in [0.15, 0.2) is 53.6 Å². The van der Waals surface area contributed by atoms with E-state index < -0.39 is 0 Å². The summed E-state index contributed by atoms with van der Waals surface area (Å²) in [7, 11) is 0. The molecule has 0 bridgehead atoms. The molecule has 144 valence electrons. The van der Waals surface area contributed by atoms with Gasteiger partial charge in [0.1, 0.15) is 10.9 Å². The summed E-state index contributed by atoms with van der Waals surface area (Å²) in [5.74, 6) is 0. The third kappa shape index (κ3) is 2.79. The molecule has 0 fully saturated rings. The molecule has 0 atom stereocenters. The zero-order valence-corrected chi connectivity index (χ0v) is 16.9. The zero-order valence-electron chi connectivity index (χ0n) is 15.4. The molecule has 5 rings (SSSR count). The lowest BCUT2D eigenvalue weighted by molar-refractivity contribution is 0.647. The molecule has 0 saturated heterocycles. The van der Waals surface area contributed by atoms with Gasteiger partial charge >= 0.3 is 0 Å². The van der Waals surface area contributed by atoms with Gasteiger partial charge in [-0.1, -0.05) is 42.3 Å². The number of fused-ring (bicyclic) bond motifs is 4. The van der Waals surface area contributed by atoms with Crippen molar-refractivity contribution >= 4 is 56.4 Å². The Morgan fingerprint density at radius 3 is 2.45 bits per heavy atom. The fourth-order valence-corrected chi connectivity index (χ4v) is 3.83. The number of nitrogens with zero attached hydrogens (tertiary/aromatic N) is 5. The predicted octanol–water partition coefficient (Wildman–Crippen LogP) is 5.00. The number of aryl methyl sites for hydroxylation is 1. The van der Waals surface area contributed by atoms with Gasteiger partial charge < -0.3 is 0 Å². The molecule has 6 nitrogen and oxygen atoms in total. The molecule has 0 amide bonds. The topological polar surface area (TPSA) is 65.6 Å². The standard InChI is InChI=1S/C21H15Cl2N5O/c1-2-9-27-11-24-19-17(21(27)29)18-20(26-16-6-4-3-5-15(16)25-18)28(19)12-7-8-13(22)14(23)10-12/h3-8,10-11H,2,9H2,1H3. The second-order valence-electron chi connectivity index (χ2n) is 6.76. The lowest BCUT2D eigenvalue weighted by Gasteiger charge is -2.08. The summed E-state index contributed by atoms with van der Waals surface area (Å²) >= 11 is 12.4. The molecule has 5 aromatic rings. The van der Waals surface area contributed by atoms with E-state index >= 15 is 0 Å². The van der Waals surface area contributed by atoms with Crippen molar-refractivity contribution in [3.8, 4) is 5.69 Å². The second-order valence-corrected chi connectivity index (χ2v) is 7.57. The van der Waals surface area contributed by atoms with Crippen molar-refractivity contribution in [3.63, 3.8) is 0 Å². The summed E-state index contributed by atoms with van der Waals surface area (Å²) in [6.07, 6.45) is 2.40. The van der Waals surface area contributed by atoms with E-state index in [4.69, 9.17) is 33.2 Å². The van der Waals surface area contributed by atoms with Crippen LogP contribution < -0.4 is 5.56 Å². The number of rotatable bonds is 3. The van der Waals surface area contributed by atoms with Crippen LogP contribution in [0.3, 0.4) is 0 Å². The van der Waals surface area contributed by atoms with Crippen molar-refractivity contribution in [1.29, 1.82) is 0 Å². The minimum Gasteiger partial charge on any atom is -0.299 e. The summed E-state index contributed by atoms with van der Waals surface area (Å²) in [6.45, 7) is 2.60. The number of hydrogen-bond acceptors (Lipinski definition) is 4. The van der Waals surface area contributed by atoms with Gasteiger partial charge in [-0.2, -0.15) is 0 Å². The number of para-hydroxylation sites is 2. The van der Waals surface area contributed by atoms with Crippen LogP contribution in [-0.2, 0) is 6.54 Å². The smallest absolute Gasteiger partial charge is 0.265 e. The fraction of sp³-hybridized carbons (Fsp3) is 0.143. The van der Waals surface area contributed by atoms with E-state index in [1.807, 2.05) is 41.8 Å². The highest BCUT2D eigenvalue weighted by Crippen LogP contribution is 2.31. The summed E-state index contributed by atoms with van der Waals surface area (Å²) in [5.41, 5.74) is 3.60. The lowest BCUT2D eigenvalue weighted by Crippen LogP contribution is -2.20. The summed E-state index contributed by atoms with van der Waals surface area (Å²) in [4.78, 5) is 27.4. The predicted molar refractivity (Wildman–Crippen MR) is 116 cm³/mol. The van der Waals surface area contributed by atoms with E-state index in [-0.39, 0.29) is 5.56 Å². The molecule has 0 unspecified atom stereocenters. The van der Waals surface area contributed by atoms with Gasteiger partial charge in [-0.25, -0.2) is 15.0 Å². The van der Waals surface area contributed by atoms with Gasteiger partial charge in [-0.15, -0.1) is 0 Å². The van der Waals surface area contributed by atoms with Crippen LogP contribution in [0.5, 0.6) is 0 Å². The van der Waals surface area contributed by atoms with Crippen molar-refractivity contribution in [1.82, 2.24) is 24.1 Å².